The van der Waals surface area contributed by atoms with E-state index in [4.69, 9.17) is 0 Å². The van der Waals surface area contributed by atoms with E-state index in [0.717, 1.165) is 38.2 Å². The molecule has 0 spiro atoms. The smallest absolute Gasteiger partial charge is 0.222 e. The summed E-state index contributed by atoms with van der Waals surface area (Å²) in [5.74, 6) is 0.686. The molecule has 0 amide bonds. The zero-order valence-corrected chi connectivity index (χ0v) is 11.2. The second-order valence-corrected chi connectivity index (χ2v) is 4.28. The Morgan fingerprint density at radius 2 is 2.11 bits per heavy atom. The van der Waals surface area contributed by atoms with Crippen LogP contribution in [-0.2, 0) is 13.1 Å². The Balaban J connectivity index is 1.62. The van der Waals surface area contributed by atoms with Crippen molar-refractivity contribution >= 4 is 5.95 Å². The first-order valence-electron chi connectivity index (χ1n) is 6.59. The van der Waals surface area contributed by atoms with E-state index in [1.165, 1.54) is 0 Å². The Morgan fingerprint density at radius 3 is 2.79 bits per heavy atom. The highest BCUT2D eigenvalue weighted by Crippen LogP contribution is 1.99. The van der Waals surface area contributed by atoms with Gasteiger partial charge in [-0.3, -0.25) is 0 Å². The van der Waals surface area contributed by atoms with Crippen molar-refractivity contribution in [2.24, 2.45) is 0 Å². The van der Waals surface area contributed by atoms with Crippen LogP contribution in [0.2, 0.25) is 0 Å². The van der Waals surface area contributed by atoms with E-state index < -0.39 is 0 Å². The van der Waals surface area contributed by atoms with Crippen LogP contribution in [0.15, 0.2) is 31.1 Å². The summed E-state index contributed by atoms with van der Waals surface area (Å²) in [6.45, 7) is 5.62. The molecule has 0 aliphatic rings. The Labute approximate surface area is 113 Å². The first-order chi connectivity index (χ1) is 9.38. The van der Waals surface area contributed by atoms with Gasteiger partial charge in [0.05, 0.1) is 6.33 Å². The second-order valence-electron chi connectivity index (χ2n) is 4.28. The maximum absolute atomic E-state index is 4.23. The normalized spacial score (nSPS) is 10.6. The summed E-state index contributed by atoms with van der Waals surface area (Å²) in [6, 6.07) is 0. The SMILES string of the molecule is CCNc1ncc(CNCCCn2ccnc2)cn1. The largest absolute Gasteiger partial charge is 0.355 e. The number of hydrogen-bond acceptors (Lipinski definition) is 5. The fraction of sp³-hybridized carbons (Fsp3) is 0.462. The van der Waals surface area contributed by atoms with E-state index in [9.17, 15) is 0 Å². The molecule has 2 aromatic heterocycles. The topological polar surface area (TPSA) is 67.7 Å². The predicted octanol–water partition coefficient (Wildman–Crippen LogP) is 1.28. The molecule has 19 heavy (non-hydrogen) atoms. The van der Waals surface area contributed by atoms with E-state index in [1.54, 1.807) is 6.20 Å². The molecule has 0 saturated carbocycles. The summed E-state index contributed by atoms with van der Waals surface area (Å²) in [6.07, 6.45) is 10.4. The van der Waals surface area contributed by atoms with Crippen molar-refractivity contribution in [3.05, 3.63) is 36.7 Å². The van der Waals surface area contributed by atoms with Gasteiger partial charge in [0.1, 0.15) is 0 Å². The number of aromatic nitrogens is 4. The van der Waals surface area contributed by atoms with Gasteiger partial charge in [-0.1, -0.05) is 0 Å². The van der Waals surface area contributed by atoms with E-state index in [2.05, 4.69) is 30.2 Å². The predicted molar refractivity (Wildman–Crippen MR) is 74.7 cm³/mol. The molecule has 2 N–H and O–H groups in total. The first-order valence-corrected chi connectivity index (χ1v) is 6.59. The van der Waals surface area contributed by atoms with Crippen molar-refractivity contribution in [3.8, 4) is 0 Å². The lowest BCUT2D eigenvalue weighted by Gasteiger charge is -2.06. The Morgan fingerprint density at radius 1 is 1.26 bits per heavy atom. The highest BCUT2D eigenvalue weighted by Gasteiger charge is 1.96. The van der Waals surface area contributed by atoms with Gasteiger partial charge in [-0.15, -0.1) is 0 Å². The standard InChI is InChI=1S/C13H20N6/c1-2-16-13-17-9-12(10-18-13)8-14-4-3-6-19-7-5-15-11-19/h5,7,9-11,14H,2-4,6,8H2,1H3,(H,16,17,18). The quantitative estimate of drug-likeness (QED) is 0.700. The van der Waals surface area contributed by atoms with Crippen LogP contribution in [0.1, 0.15) is 18.9 Å². The number of anilines is 1. The average molecular weight is 260 g/mol. The maximum atomic E-state index is 4.23. The van der Waals surface area contributed by atoms with Gasteiger partial charge in [0.25, 0.3) is 0 Å². The van der Waals surface area contributed by atoms with Gasteiger partial charge in [0.2, 0.25) is 5.95 Å². The molecule has 0 saturated heterocycles. The third-order valence-electron chi connectivity index (χ3n) is 2.70. The minimum absolute atomic E-state index is 0.686. The molecule has 0 atom stereocenters. The van der Waals surface area contributed by atoms with E-state index in [1.807, 2.05) is 31.8 Å². The number of rotatable bonds is 8. The number of nitrogens with one attached hydrogen (secondary N) is 2. The molecule has 2 rings (SSSR count). The van der Waals surface area contributed by atoms with Crippen molar-refractivity contribution in [3.63, 3.8) is 0 Å². The van der Waals surface area contributed by atoms with Gasteiger partial charge in [0, 0.05) is 50.0 Å². The van der Waals surface area contributed by atoms with Crippen LogP contribution in [0.25, 0.3) is 0 Å². The molecule has 102 valence electrons. The second kappa shape index (κ2) is 7.48. The van der Waals surface area contributed by atoms with Gasteiger partial charge < -0.3 is 15.2 Å². The van der Waals surface area contributed by atoms with Crippen LogP contribution in [0.5, 0.6) is 0 Å². The molecule has 0 fully saturated rings. The minimum atomic E-state index is 0.686. The number of aryl methyl sites for hydroxylation is 1. The average Bonchev–Trinajstić information content (AvgIpc) is 2.94. The van der Waals surface area contributed by atoms with Crippen molar-refractivity contribution in [1.29, 1.82) is 0 Å². The molecule has 0 unspecified atom stereocenters. The molecule has 6 nitrogen and oxygen atoms in total. The fourth-order valence-corrected chi connectivity index (χ4v) is 1.73. The molecular formula is C13H20N6. The summed E-state index contributed by atoms with van der Waals surface area (Å²) < 4.78 is 2.08. The summed E-state index contributed by atoms with van der Waals surface area (Å²) in [5, 5.41) is 6.46. The van der Waals surface area contributed by atoms with Gasteiger partial charge in [0.15, 0.2) is 0 Å². The summed E-state index contributed by atoms with van der Waals surface area (Å²) in [5.41, 5.74) is 1.10. The lowest BCUT2D eigenvalue weighted by atomic mass is 10.3. The van der Waals surface area contributed by atoms with Crippen LogP contribution in [-0.4, -0.2) is 32.6 Å². The van der Waals surface area contributed by atoms with Crippen LogP contribution >= 0.6 is 0 Å². The summed E-state index contributed by atoms with van der Waals surface area (Å²) >= 11 is 0. The Hall–Kier alpha value is -1.95. The van der Waals surface area contributed by atoms with E-state index in [0.29, 0.717) is 5.95 Å². The first kappa shape index (κ1) is 13.5. The molecule has 6 heteroatoms. The zero-order valence-electron chi connectivity index (χ0n) is 11.2. The third-order valence-corrected chi connectivity index (χ3v) is 2.70. The Bertz CT molecular complexity index is 450. The molecule has 2 aromatic rings. The molecule has 0 aliphatic heterocycles. The zero-order chi connectivity index (χ0) is 13.3. The van der Waals surface area contributed by atoms with Crippen LogP contribution in [0, 0.1) is 0 Å². The summed E-state index contributed by atoms with van der Waals surface area (Å²) in [7, 11) is 0. The van der Waals surface area contributed by atoms with Gasteiger partial charge in [-0.05, 0) is 19.9 Å². The lowest BCUT2D eigenvalue weighted by Crippen LogP contribution is -2.16. The lowest BCUT2D eigenvalue weighted by molar-refractivity contribution is 0.580. The van der Waals surface area contributed by atoms with Crippen LogP contribution in [0.4, 0.5) is 5.95 Å². The molecular weight excluding hydrogens is 240 g/mol. The van der Waals surface area contributed by atoms with Gasteiger partial charge in [-0.2, -0.15) is 0 Å². The monoisotopic (exact) mass is 260 g/mol. The highest BCUT2D eigenvalue weighted by atomic mass is 15.1. The molecule has 0 aromatic carbocycles. The van der Waals surface area contributed by atoms with Gasteiger partial charge in [-0.25, -0.2) is 15.0 Å². The third kappa shape index (κ3) is 4.67. The van der Waals surface area contributed by atoms with E-state index >= 15 is 0 Å². The minimum Gasteiger partial charge on any atom is -0.355 e. The van der Waals surface area contributed by atoms with Gasteiger partial charge >= 0.3 is 0 Å². The summed E-state index contributed by atoms with van der Waals surface area (Å²) in [4.78, 5) is 12.5. The number of nitrogens with zero attached hydrogens (tertiary/aromatic N) is 4. The van der Waals surface area contributed by atoms with E-state index in [-0.39, 0.29) is 0 Å². The molecule has 0 radical (unpaired) electrons. The molecule has 0 aliphatic carbocycles. The Kier molecular flexibility index (Phi) is 5.31. The van der Waals surface area contributed by atoms with Crippen molar-refractivity contribution in [2.45, 2.75) is 26.4 Å². The van der Waals surface area contributed by atoms with Crippen LogP contribution in [0.3, 0.4) is 0 Å². The van der Waals surface area contributed by atoms with Crippen molar-refractivity contribution in [1.82, 2.24) is 24.8 Å². The molecule has 2 heterocycles. The van der Waals surface area contributed by atoms with Crippen molar-refractivity contribution in [2.75, 3.05) is 18.4 Å². The highest BCUT2D eigenvalue weighted by molar-refractivity contribution is 5.24. The number of imidazole rings is 1. The maximum Gasteiger partial charge on any atom is 0.222 e. The number of hydrogen-bond donors (Lipinski definition) is 2. The molecule has 0 bridgehead atoms. The van der Waals surface area contributed by atoms with Crippen LogP contribution < -0.4 is 10.6 Å². The van der Waals surface area contributed by atoms with Crippen molar-refractivity contribution < 1.29 is 0 Å². The fourth-order valence-electron chi connectivity index (χ4n) is 1.73.